The van der Waals surface area contributed by atoms with Gasteiger partial charge in [0.15, 0.2) is 0 Å². The second-order valence-electron chi connectivity index (χ2n) is 8.42. The van der Waals surface area contributed by atoms with Crippen LogP contribution in [0.5, 0.6) is 5.75 Å². The number of hydrazone groups is 1. The van der Waals surface area contributed by atoms with Crippen LogP contribution in [0.1, 0.15) is 11.1 Å². The normalized spacial score (nSPS) is 16.3. The summed E-state index contributed by atoms with van der Waals surface area (Å²) in [5.41, 5.74) is 4.71. The van der Waals surface area contributed by atoms with E-state index in [2.05, 4.69) is 30.3 Å². The van der Waals surface area contributed by atoms with Crippen molar-refractivity contribution in [3.8, 4) is 5.75 Å². The number of ether oxygens (including phenoxy) is 3. The molecule has 3 aromatic rings. The Balaban J connectivity index is 1.23. The number of benzene rings is 2. The first kappa shape index (κ1) is 25.5. The van der Waals surface area contributed by atoms with Crippen LogP contribution in [-0.4, -0.2) is 73.8 Å². The summed E-state index contributed by atoms with van der Waals surface area (Å²) in [5.74, 6) is 2.33. The van der Waals surface area contributed by atoms with Gasteiger partial charge in [0, 0.05) is 41.8 Å². The molecule has 0 atom stereocenters. The van der Waals surface area contributed by atoms with Gasteiger partial charge in [0.05, 0.1) is 32.6 Å². The van der Waals surface area contributed by atoms with Crippen LogP contribution in [-0.2, 0) is 16.1 Å². The molecule has 2 fully saturated rings. The molecule has 2 aromatic carbocycles. The van der Waals surface area contributed by atoms with E-state index >= 15 is 0 Å². The molecule has 12 heteroatoms. The summed E-state index contributed by atoms with van der Waals surface area (Å²) in [6.07, 6.45) is 1.70. The number of anilines is 3. The van der Waals surface area contributed by atoms with E-state index in [0.717, 1.165) is 43.1 Å². The number of morpholine rings is 2. The molecule has 194 valence electrons. The first-order valence-corrected chi connectivity index (χ1v) is 12.8. The molecule has 0 unspecified atom stereocenters. The smallest absolute Gasteiger partial charge is 0.250 e. The lowest BCUT2D eigenvalue weighted by Crippen LogP contribution is -2.40. The molecule has 0 bridgehead atoms. The zero-order valence-corrected chi connectivity index (χ0v) is 21.7. The zero-order valence-electron chi connectivity index (χ0n) is 20.1. The molecule has 2 aliphatic rings. The monoisotopic (exact) mass is 543 g/mol. The molecular weight excluding hydrogens is 517 g/mol. The van der Waals surface area contributed by atoms with Crippen molar-refractivity contribution in [2.75, 3.05) is 67.8 Å². The van der Waals surface area contributed by atoms with Crippen LogP contribution >= 0.6 is 23.2 Å². The molecule has 1 N–H and O–H groups in total. The maximum Gasteiger partial charge on any atom is 0.250 e. The van der Waals surface area contributed by atoms with Crippen LogP contribution in [0.4, 0.5) is 17.8 Å². The zero-order chi connectivity index (χ0) is 25.5. The summed E-state index contributed by atoms with van der Waals surface area (Å²) in [7, 11) is 0. The molecule has 37 heavy (non-hydrogen) atoms. The fourth-order valence-electron chi connectivity index (χ4n) is 3.83. The quantitative estimate of drug-likeness (QED) is 0.335. The van der Waals surface area contributed by atoms with E-state index < -0.39 is 0 Å². The topological polar surface area (TPSA) is 97.2 Å². The van der Waals surface area contributed by atoms with Gasteiger partial charge in [0.2, 0.25) is 17.8 Å². The average Bonchev–Trinajstić information content (AvgIpc) is 2.94. The Hall–Kier alpha value is -3.18. The molecule has 2 aliphatic heterocycles. The molecule has 2 saturated heterocycles. The summed E-state index contributed by atoms with van der Waals surface area (Å²) in [6, 6.07) is 12.9. The van der Waals surface area contributed by atoms with Crippen molar-refractivity contribution in [2.24, 2.45) is 5.10 Å². The van der Waals surface area contributed by atoms with Crippen LogP contribution < -0.4 is 20.0 Å². The molecule has 0 amide bonds. The number of aromatic nitrogens is 3. The number of halogens is 2. The van der Waals surface area contributed by atoms with E-state index in [0.29, 0.717) is 60.9 Å². The lowest BCUT2D eigenvalue weighted by molar-refractivity contribution is 0.121. The van der Waals surface area contributed by atoms with Crippen LogP contribution in [0.25, 0.3) is 0 Å². The van der Waals surface area contributed by atoms with Crippen molar-refractivity contribution in [1.29, 1.82) is 0 Å². The summed E-state index contributed by atoms with van der Waals surface area (Å²) >= 11 is 12.2. The van der Waals surface area contributed by atoms with Gasteiger partial charge in [-0.3, -0.25) is 0 Å². The molecule has 0 radical (unpaired) electrons. The van der Waals surface area contributed by atoms with Crippen LogP contribution in [0, 0.1) is 0 Å². The van der Waals surface area contributed by atoms with Crippen molar-refractivity contribution in [3.05, 3.63) is 63.6 Å². The molecular formula is C25H27Cl2N7O3. The largest absolute Gasteiger partial charge is 0.489 e. The standard InChI is InChI=1S/C25H27Cl2N7O3/c26-20-4-3-19(22(27)15-20)17-37-21-5-1-18(2-6-21)16-28-32-23-29-24(33-7-11-35-12-8-33)31-25(30-23)34-9-13-36-14-10-34/h1-6,15-16H,7-14,17H2,(H,29,30,31,32). The van der Waals surface area contributed by atoms with Gasteiger partial charge in [-0.15, -0.1) is 0 Å². The van der Waals surface area contributed by atoms with E-state index in [-0.39, 0.29) is 0 Å². The molecule has 0 spiro atoms. The van der Waals surface area contributed by atoms with Gasteiger partial charge in [0.25, 0.3) is 0 Å². The van der Waals surface area contributed by atoms with Crippen LogP contribution in [0.2, 0.25) is 10.0 Å². The molecule has 5 rings (SSSR count). The van der Waals surface area contributed by atoms with Crippen molar-refractivity contribution < 1.29 is 14.2 Å². The lowest BCUT2D eigenvalue weighted by Gasteiger charge is -2.30. The van der Waals surface area contributed by atoms with Gasteiger partial charge >= 0.3 is 0 Å². The molecule has 3 heterocycles. The number of rotatable bonds is 8. The molecule has 1 aromatic heterocycles. The van der Waals surface area contributed by atoms with Gasteiger partial charge in [-0.1, -0.05) is 29.3 Å². The van der Waals surface area contributed by atoms with Crippen molar-refractivity contribution in [3.63, 3.8) is 0 Å². The third kappa shape index (κ3) is 6.98. The third-order valence-corrected chi connectivity index (χ3v) is 6.45. The molecule has 0 saturated carbocycles. The van der Waals surface area contributed by atoms with Crippen LogP contribution in [0.15, 0.2) is 47.6 Å². The second kappa shape index (κ2) is 12.4. The predicted octanol–water partition coefficient (Wildman–Crippen LogP) is 3.88. The highest BCUT2D eigenvalue weighted by Crippen LogP contribution is 2.23. The Morgan fingerprint density at radius 2 is 1.49 bits per heavy atom. The summed E-state index contributed by atoms with van der Waals surface area (Å²) in [6.45, 7) is 5.85. The number of nitrogens with one attached hydrogen (secondary N) is 1. The molecule has 0 aliphatic carbocycles. The van der Waals surface area contributed by atoms with Gasteiger partial charge in [-0.05, 0) is 42.0 Å². The van der Waals surface area contributed by atoms with Crippen molar-refractivity contribution in [1.82, 2.24) is 15.0 Å². The van der Waals surface area contributed by atoms with Gasteiger partial charge in [0.1, 0.15) is 12.4 Å². The minimum atomic E-state index is 0.349. The SMILES string of the molecule is Clc1ccc(COc2ccc(C=NNc3nc(N4CCOCC4)nc(N4CCOCC4)n3)cc2)c(Cl)c1. The Kier molecular flexibility index (Phi) is 8.52. The number of nitrogens with zero attached hydrogens (tertiary/aromatic N) is 6. The van der Waals surface area contributed by atoms with Gasteiger partial charge in [-0.25, -0.2) is 5.43 Å². The Morgan fingerprint density at radius 3 is 2.08 bits per heavy atom. The Labute approximate surface area is 225 Å². The Bertz CT molecular complexity index is 1180. The maximum atomic E-state index is 6.22. The number of hydrogen-bond acceptors (Lipinski definition) is 10. The highest BCUT2D eigenvalue weighted by Gasteiger charge is 2.20. The average molecular weight is 544 g/mol. The highest BCUT2D eigenvalue weighted by molar-refractivity contribution is 6.35. The first-order chi connectivity index (χ1) is 18.1. The van der Waals surface area contributed by atoms with Gasteiger partial charge < -0.3 is 24.0 Å². The summed E-state index contributed by atoms with van der Waals surface area (Å²) < 4.78 is 16.8. The Morgan fingerprint density at radius 1 is 0.865 bits per heavy atom. The van der Waals surface area contributed by atoms with E-state index in [1.807, 2.05) is 30.3 Å². The minimum Gasteiger partial charge on any atom is -0.489 e. The van der Waals surface area contributed by atoms with Crippen molar-refractivity contribution in [2.45, 2.75) is 6.61 Å². The fourth-order valence-corrected chi connectivity index (χ4v) is 4.29. The maximum absolute atomic E-state index is 6.22. The van der Waals surface area contributed by atoms with Gasteiger partial charge in [-0.2, -0.15) is 20.1 Å². The van der Waals surface area contributed by atoms with E-state index in [4.69, 9.17) is 42.4 Å². The lowest BCUT2D eigenvalue weighted by atomic mass is 10.2. The molecule has 10 nitrogen and oxygen atoms in total. The van der Waals surface area contributed by atoms with Crippen molar-refractivity contribution >= 4 is 47.3 Å². The predicted molar refractivity (Wildman–Crippen MR) is 144 cm³/mol. The van der Waals surface area contributed by atoms with E-state index in [1.165, 1.54) is 0 Å². The fraction of sp³-hybridized carbons (Fsp3) is 0.360. The van der Waals surface area contributed by atoms with E-state index in [9.17, 15) is 0 Å². The second-order valence-corrected chi connectivity index (χ2v) is 9.26. The summed E-state index contributed by atoms with van der Waals surface area (Å²) in [4.78, 5) is 18.1. The van der Waals surface area contributed by atoms with Crippen LogP contribution in [0.3, 0.4) is 0 Å². The minimum absolute atomic E-state index is 0.349. The third-order valence-electron chi connectivity index (χ3n) is 5.87. The first-order valence-electron chi connectivity index (χ1n) is 12.0. The van der Waals surface area contributed by atoms with E-state index in [1.54, 1.807) is 18.3 Å². The number of hydrogen-bond donors (Lipinski definition) is 1. The summed E-state index contributed by atoms with van der Waals surface area (Å²) in [5, 5.41) is 5.52. The highest BCUT2D eigenvalue weighted by atomic mass is 35.5.